The van der Waals surface area contributed by atoms with Crippen LogP contribution in [0.15, 0.2) is 47.9 Å². The monoisotopic (exact) mass is 298 g/mol. The van der Waals surface area contributed by atoms with Gasteiger partial charge in [-0.3, -0.25) is 4.98 Å². The van der Waals surface area contributed by atoms with Crippen LogP contribution in [0.3, 0.4) is 0 Å². The Morgan fingerprint density at radius 2 is 1.95 bits per heavy atom. The predicted molar refractivity (Wildman–Crippen MR) is 87.3 cm³/mol. The highest BCUT2D eigenvalue weighted by molar-refractivity contribution is 7.99. The van der Waals surface area contributed by atoms with E-state index in [9.17, 15) is 0 Å². The molecule has 4 nitrogen and oxygen atoms in total. The first-order valence-corrected chi connectivity index (χ1v) is 7.80. The van der Waals surface area contributed by atoms with Crippen LogP contribution in [0.4, 0.5) is 0 Å². The van der Waals surface area contributed by atoms with Crippen molar-refractivity contribution in [2.75, 3.05) is 0 Å². The smallest absolute Gasteiger partial charge is 0.167 e. The number of nitrogens with one attached hydrogen (secondary N) is 1. The van der Waals surface area contributed by atoms with Crippen molar-refractivity contribution in [1.29, 1.82) is 0 Å². The van der Waals surface area contributed by atoms with E-state index < -0.39 is 0 Å². The molecule has 0 spiro atoms. The number of nitrogens with two attached hydrogens (primary N) is 1. The Morgan fingerprint density at radius 3 is 2.67 bits per heavy atom. The van der Waals surface area contributed by atoms with Gasteiger partial charge in [0.15, 0.2) is 5.16 Å². The lowest BCUT2D eigenvalue weighted by molar-refractivity contribution is 0.718. The molecule has 0 aliphatic heterocycles. The van der Waals surface area contributed by atoms with Gasteiger partial charge in [0.25, 0.3) is 0 Å². The standard InChI is InChI=1S/C16H18N4S/c1-10-3-4-13-14(9-10)20-16(19-13)21-15(11(2)17)12-5-7-18-8-6-12/h3-9,11,15H,17H2,1-2H3,(H,19,20). The molecule has 0 amide bonds. The molecule has 5 heteroatoms. The zero-order chi connectivity index (χ0) is 14.8. The number of nitrogens with zero attached hydrogens (tertiary/aromatic N) is 2. The quantitative estimate of drug-likeness (QED) is 0.724. The average Bonchev–Trinajstić information content (AvgIpc) is 2.87. The molecule has 0 aliphatic rings. The first kappa shape index (κ1) is 14.1. The number of pyridine rings is 1. The van der Waals surface area contributed by atoms with E-state index in [4.69, 9.17) is 5.73 Å². The maximum Gasteiger partial charge on any atom is 0.167 e. The van der Waals surface area contributed by atoms with Crippen LogP contribution in [0, 0.1) is 6.92 Å². The number of aryl methyl sites for hydroxylation is 1. The fraction of sp³-hybridized carbons (Fsp3) is 0.250. The van der Waals surface area contributed by atoms with Gasteiger partial charge in [-0.15, -0.1) is 0 Å². The SMILES string of the molecule is Cc1ccc2nc(SC(c3ccncc3)C(C)N)[nH]c2c1. The number of imidazole rings is 1. The third kappa shape index (κ3) is 3.09. The Morgan fingerprint density at radius 1 is 1.19 bits per heavy atom. The average molecular weight is 298 g/mol. The molecule has 108 valence electrons. The summed E-state index contributed by atoms with van der Waals surface area (Å²) in [5, 5.41) is 1.05. The van der Waals surface area contributed by atoms with E-state index in [2.05, 4.69) is 34.0 Å². The summed E-state index contributed by atoms with van der Waals surface area (Å²) >= 11 is 1.66. The van der Waals surface area contributed by atoms with Crippen LogP contribution < -0.4 is 5.73 Å². The van der Waals surface area contributed by atoms with Crippen LogP contribution in [0.1, 0.15) is 23.3 Å². The van der Waals surface area contributed by atoms with E-state index >= 15 is 0 Å². The van der Waals surface area contributed by atoms with Crippen LogP contribution in [-0.4, -0.2) is 21.0 Å². The summed E-state index contributed by atoms with van der Waals surface area (Å²) in [6.45, 7) is 4.10. The molecule has 0 aliphatic carbocycles. The molecule has 3 N–H and O–H groups in total. The summed E-state index contributed by atoms with van der Waals surface area (Å²) in [4.78, 5) is 12.1. The second-order valence-electron chi connectivity index (χ2n) is 5.24. The fourth-order valence-electron chi connectivity index (χ4n) is 2.31. The number of thioether (sulfide) groups is 1. The number of aromatic nitrogens is 3. The van der Waals surface area contributed by atoms with Gasteiger partial charge in [0.1, 0.15) is 0 Å². The maximum absolute atomic E-state index is 6.15. The van der Waals surface area contributed by atoms with Gasteiger partial charge in [-0.2, -0.15) is 0 Å². The van der Waals surface area contributed by atoms with E-state index in [1.807, 2.05) is 25.1 Å². The Kier molecular flexibility index (Phi) is 3.94. The molecule has 0 saturated carbocycles. The normalized spacial score (nSPS) is 14.2. The molecule has 0 saturated heterocycles. The second kappa shape index (κ2) is 5.87. The zero-order valence-electron chi connectivity index (χ0n) is 12.1. The predicted octanol–water partition coefficient (Wildman–Crippen LogP) is 3.45. The molecular formula is C16H18N4S. The van der Waals surface area contributed by atoms with Crippen LogP contribution in [-0.2, 0) is 0 Å². The van der Waals surface area contributed by atoms with E-state index in [0.717, 1.165) is 16.2 Å². The molecule has 2 atom stereocenters. The molecule has 3 aromatic rings. The number of hydrogen-bond donors (Lipinski definition) is 2. The summed E-state index contributed by atoms with van der Waals surface area (Å²) in [5.41, 5.74) is 10.6. The van der Waals surface area contributed by atoms with Gasteiger partial charge in [0.2, 0.25) is 0 Å². The van der Waals surface area contributed by atoms with Crippen molar-refractivity contribution in [2.45, 2.75) is 30.3 Å². The number of rotatable bonds is 4. The first-order chi connectivity index (χ1) is 10.1. The van der Waals surface area contributed by atoms with Gasteiger partial charge < -0.3 is 10.7 Å². The minimum atomic E-state index is 0.0207. The molecule has 21 heavy (non-hydrogen) atoms. The molecule has 0 bridgehead atoms. The summed E-state index contributed by atoms with van der Waals surface area (Å²) < 4.78 is 0. The van der Waals surface area contributed by atoms with Crippen molar-refractivity contribution in [3.05, 3.63) is 53.9 Å². The summed E-state index contributed by atoms with van der Waals surface area (Å²) in [7, 11) is 0. The Hall–Kier alpha value is -1.85. The fourth-order valence-corrected chi connectivity index (χ4v) is 3.38. The van der Waals surface area contributed by atoms with Crippen molar-refractivity contribution in [2.24, 2.45) is 5.73 Å². The highest BCUT2D eigenvalue weighted by Gasteiger charge is 2.19. The van der Waals surface area contributed by atoms with Crippen molar-refractivity contribution in [1.82, 2.24) is 15.0 Å². The van der Waals surface area contributed by atoms with Gasteiger partial charge in [-0.05, 0) is 49.2 Å². The number of hydrogen-bond acceptors (Lipinski definition) is 4. The molecule has 2 heterocycles. The van der Waals surface area contributed by atoms with Crippen molar-refractivity contribution in [3.63, 3.8) is 0 Å². The molecule has 1 aromatic carbocycles. The van der Waals surface area contributed by atoms with E-state index in [1.54, 1.807) is 24.2 Å². The van der Waals surface area contributed by atoms with E-state index in [0.29, 0.717) is 0 Å². The maximum atomic E-state index is 6.15. The largest absolute Gasteiger partial charge is 0.333 e. The van der Waals surface area contributed by atoms with Gasteiger partial charge >= 0.3 is 0 Å². The van der Waals surface area contributed by atoms with Crippen LogP contribution in [0.5, 0.6) is 0 Å². The topological polar surface area (TPSA) is 67.6 Å². The number of fused-ring (bicyclic) bond motifs is 1. The Labute approximate surface area is 128 Å². The van der Waals surface area contributed by atoms with Crippen LogP contribution in [0.25, 0.3) is 11.0 Å². The highest BCUT2D eigenvalue weighted by atomic mass is 32.2. The first-order valence-electron chi connectivity index (χ1n) is 6.92. The lowest BCUT2D eigenvalue weighted by atomic mass is 10.1. The summed E-state index contributed by atoms with van der Waals surface area (Å²) in [5.74, 6) is 0. The van der Waals surface area contributed by atoms with Crippen LogP contribution >= 0.6 is 11.8 Å². The van der Waals surface area contributed by atoms with Crippen molar-refractivity contribution in [3.8, 4) is 0 Å². The lowest BCUT2D eigenvalue weighted by Gasteiger charge is -2.19. The summed E-state index contributed by atoms with van der Waals surface area (Å²) in [6.07, 6.45) is 3.60. The molecule has 2 aromatic heterocycles. The van der Waals surface area contributed by atoms with Gasteiger partial charge in [0, 0.05) is 18.4 Å². The van der Waals surface area contributed by atoms with E-state index in [1.165, 1.54) is 11.1 Å². The highest BCUT2D eigenvalue weighted by Crippen LogP contribution is 2.36. The zero-order valence-corrected chi connectivity index (χ0v) is 12.9. The third-order valence-electron chi connectivity index (χ3n) is 3.37. The number of aromatic amines is 1. The Balaban J connectivity index is 1.91. The number of benzene rings is 1. The second-order valence-corrected chi connectivity index (χ2v) is 6.37. The minimum absolute atomic E-state index is 0.0207. The molecule has 3 rings (SSSR count). The Bertz CT molecular complexity index is 736. The minimum Gasteiger partial charge on any atom is -0.333 e. The van der Waals surface area contributed by atoms with Crippen molar-refractivity contribution >= 4 is 22.8 Å². The molecule has 2 unspecified atom stereocenters. The number of H-pyrrole nitrogens is 1. The van der Waals surface area contributed by atoms with Gasteiger partial charge in [-0.25, -0.2) is 4.98 Å². The van der Waals surface area contributed by atoms with Gasteiger partial charge in [0.05, 0.1) is 16.3 Å². The molecular weight excluding hydrogens is 280 g/mol. The third-order valence-corrected chi connectivity index (χ3v) is 4.74. The van der Waals surface area contributed by atoms with Crippen LogP contribution in [0.2, 0.25) is 0 Å². The van der Waals surface area contributed by atoms with Gasteiger partial charge in [-0.1, -0.05) is 17.8 Å². The lowest BCUT2D eigenvalue weighted by Crippen LogP contribution is -2.22. The van der Waals surface area contributed by atoms with Crippen molar-refractivity contribution < 1.29 is 0 Å². The molecule has 0 fully saturated rings. The molecule has 0 radical (unpaired) electrons. The summed E-state index contributed by atoms with van der Waals surface area (Å²) in [6, 6.07) is 10.3. The van der Waals surface area contributed by atoms with E-state index in [-0.39, 0.29) is 11.3 Å².